The van der Waals surface area contributed by atoms with Gasteiger partial charge in [-0.25, -0.2) is 0 Å². The lowest BCUT2D eigenvalue weighted by molar-refractivity contribution is -0.346. The van der Waals surface area contributed by atoms with E-state index in [1.165, 1.54) is 0 Å². The van der Waals surface area contributed by atoms with Crippen LogP contribution in [0.2, 0.25) is 0 Å². The summed E-state index contributed by atoms with van der Waals surface area (Å²) < 4.78 is 22.2. The van der Waals surface area contributed by atoms with Crippen LogP contribution < -0.4 is 0 Å². The molecule has 8 atom stereocenters. The van der Waals surface area contributed by atoms with Gasteiger partial charge in [0.05, 0.1) is 26.4 Å². The number of hydrogen-bond acceptors (Lipinski definition) is 10. The minimum absolute atomic E-state index is 0. The number of rotatable bonds is 0. The average Bonchev–Trinajstić information content (AvgIpc) is 3.01. The highest BCUT2D eigenvalue weighted by atomic mass is 16.7. The number of hydrogen-bond donors (Lipinski definition) is 6. The van der Waals surface area contributed by atoms with E-state index in [0.717, 1.165) is 22.3 Å². The van der Waals surface area contributed by atoms with E-state index in [1.54, 1.807) is 0 Å². The van der Waals surface area contributed by atoms with Crippen LogP contribution in [-0.2, 0) is 45.0 Å². The highest BCUT2D eigenvalue weighted by molar-refractivity contribution is 5.31. The van der Waals surface area contributed by atoms with Crippen molar-refractivity contribution in [2.75, 3.05) is 13.2 Å². The number of fused-ring (bicyclic) bond motifs is 2. The Hall–Kier alpha value is -1.96. The lowest BCUT2D eigenvalue weighted by Crippen LogP contribution is -2.63. The van der Waals surface area contributed by atoms with Gasteiger partial charge in [0.1, 0.15) is 36.6 Å². The second-order valence-corrected chi connectivity index (χ2v) is 9.72. The van der Waals surface area contributed by atoms with E-state index in [1.807, 2.05) is 76.2 Å². The number of aliphatic hydroxyl groups is 6. The lowest BCUT2D eigenvalue weighted by atomic mass is 9.88. The molecule has 0 aromatic heterocycles. The van der Waals surface area contributed by atoms with Crippen molar-refractivity contribution in [1.29, 1.82) is 0 Å². The molecule has 10 heteroatoms. The summed E-state index contributed by atoms with van der Waals surface area (Å²) in [5.74, 6) is -2.49. The molecule has 4 aliphatic heterocycles. The Morgan fingerprint density at radius 3 is 1.20 bits per heavy atom. The Morgan fingerprint density at radius 1 is 0.537 bits per heavy atom. The van der Waals surface area contributed by atoms with Crippen molar-refractivity contribution < 1.29 is 49.6 Å². The van der Waals surface area contributed by atoms with Gasteiger partial charge in [-0.3, -0.25) is 0 Å². The molecule has 0 unspecified atom stereocenters. The van der Waals surface area contributed by atoms with Crippen LogP contribution in [0.5, 0.6) is 0 Å². The molecule has 6 N–H and O–H groups in total. The first-order chi connectivity index (χ1) is 19.2. The second-order valence-electron chi connectivity index (χ2n) is 9.72. The van der Waals surface area contributed by atoms with E-state index < -0.39 is 48.2 Å². The Kier molecular flexibility index (Phi) is 13.3. The molecule has 2 aromatic carbocycles. The first-order valence-corrected chi connectivity index (χ1v) is 14.0. The molecule has 0 radical (unpaired) electrons. The monoisotopic (exact) mass is 580 g/mol. The van der Waals surface area contributed by atoms with Crippen molar-refractivity contribution in [3.05, 3.63) is 70.8 Å². The Bertz CT molecular complexity index is 983. The summed E-state index contributed by atoms with van der Waals surface area (Å²) in [6.45, 7) is 8.58. The molecule has 0 amide bonds. The Labute approximate surface area is 243 Å². The van der Waals surface area contributed by atoms with Gasteiger partial charge in [0.2, 0.25) is 11.6 Å². The number of aliphatic hydroxyl groups excluding tert-OH is 6. The highest BCUT2D eigenvalue weighted by Crippen LogP contribution is 2.37. The summed E-state index contributed by atoms with van der Waals surface area (Å²) in [4.78, 5) is 0. The van der Waals surface area contributed by atoms with Crippen molar-refractivity contribution in [1.82, 2.24) is 0 Å². The third kappa shape index (κ3) is 7.34. The molecule has 41 heavy (non-hydrogen) atoms. The van der Waals surface area contributed by atoms with Gasteiger partial charge in [-0.1, -0.05) is 83.7 Å². The molecule has 4 heterocycles. The minimum Gasteiger partial charge on any atom is -0.388 e. The van der Waals surface area contributed by atoms with Crippen molar-refractivity contribution in [2.24, 2.45) is 0 Å². The summed E-state index contributed by atoms with van der Waals surface area (Å²) >= 11 is 0. The summed E-state index contributed by atoms with van der Waals surface area (Å²) in [5.41, 5.74) is 4.18. The fourth-order valence-electron chi connectivity index (χ4n) is 5.10. The summed E-state index contributed by atoms with van der Waals surface area (Å²) in [6.07, 6.45) is -6.42. The van der Waals surface area contributed by atoms with Gasteiger partial charge in [-0.05, 0) is 22.3 Å². The predicted molar refractivity (Wildman–Crippen MR) is 153 cm³/mol. The standard InChI is InChI=1S/2C13H16O5.2C2H6.CH4/c2*14-10-7-18-13(12(16)11(10)15)5-8-3-1-2-4-9(8)6-17-13;2*1-2;/h2*1-4,10-12,14-16H,5-7H2;2*1-2H3;1H4/t10-,11-,12+,13+;10-,11-,12+,13-;;;/m11.../s1. The molecule has 0 aliphatic carbocycles. The lowest BCUT2D eigenvalue weighted by Gasteiger charge is -2.47. The van der Waals surface area contributed by atoms with Crippen molar-refractivity contribution >= 4 is 0 Å². The summed E-state index contributed by atoms with van der Waals surface area (Å²) in [7, 11) is 0. The normalized spacial score (nSPS) is 35.1. The first-order valence-electron chi connectivity index (χ1n) is 14.0. The fourth-order valence-corrected chi connectivity index (χ4v) is 5.10. The molecular formula is C31H48O10. The number of benzene rings is 2. The smallest absolute Gasteiger partial charge is 0.201 e. The molecule has 4 aliphatic rings. The van der Waals surface area contributed by atoms with E-state index in [0.29, 0.717) is 26.1 Å². The molecule has 0 saturated carbocycles. The zero-order chi connectivity index (χ0) is 29.5. The van der Waals surface area contributed by atoms with Crippen molar-refractivity contribution in [3.8, 4) is 0 Å². The molecular weight excluding hydrogens is 532 g/mol. The van der Waals surface area contributed by atoms with Crippen LogP contribution in [0.4, 0.5) is 0 Å². The zero-order valence-electron chi connectivity index (χ0n) is 23.6. The molecule has 2 fully saturated rings. The van der Waals surface area contributed by atoms with Gasteiger partial charge in [-0.15, -0.1) is 0 Å². The maximum absolute atomic E-state index is 10.1. The molecule has 0 bridgehead atoms. The maximum Gasteiger partial charge on any atom is 0.201 e. The van der Waals surface area contributed by atoms with Gasteiger partial charge >= 0.3 is 0 Å². The van der Waals surface area contributed by atoms with Gasteiger partial charge in [-0.2, -0.15) is 0 Å². The molecule has 2 spiro atoms. The average molecular weight is 581 g/mol. The molecule has 2 aromatic rings. The first kappa shape index (κ1) is 35.2. The minimum atomic E-state index is -1.25. The van der Waals surface area contributed by atoms with Gasteiger partial charge in [0, 0.05) is 12.8 Å². The van der Waals surface area contributed by atoms with E-state index in [2.05, 4.69) is 0 Å². The second kappa shape index (κ2) is 15.5. The Balaban J connectivity index is 0.000000251. The van der Waals surface area contributed by atoms with Crippen molar-refractivity contribution in [2.45, 2.75) is 109 Å². The Morgan fingerprint density at radius 2 is 0.854 bits per heavy atom. The van der Waals surface area contributed by atoms with Gasteiger partial charge in [0.15, 0.2) is 0 Å². The van der Waals surface area contributed by atoms with Gasteiger partial charge < -0.3 is 49.6 Å². The number of ether oxygens (including phenoxy) is 4. The van der Waals surface area contributed by atoms with E-state index in [-0.39, 0.29) is 20.6 Å². The maximum atomic E-state index is 10.1. The SMILES string of the molecule is C.CC.CC.O[C@@H]1[C@H](O)CO[C@@]2(Cc3ccccc3CO2)[C@H]1O.O[C@@H]1[C@H](O)CO[C@]2(Cc3ccccc3CO2)[C@H]1O. The topological polar surface area (TPSA) is 158 Å². The predicted octanol–water partition coefficient (Wildman–Crippen LogP) is 1.83. The molecule has 10 nitrogen and oxygen atoms in total. The zero-order valence-corrected chi connectivity index (χ0v) is 23.6. The molecule has 232 valence electrons. The molecule has 6 rings (SSSR count). The quantitative estimate of drug-likeness (QED) is 0.272. The summed E-state index contributed by atoms with van der Waals surface area (Å²) in [5, 5.41) is 58.6. The van der Waals surface area contributed by atoms with Gasteiger partial charge in [0.25, 0.3) is 0 Å². The van der Waals surface area contributed by atoms with Crippen LogP contribution in [0.15, 0.2) is 48.5 Å². The summed E-state index contributed by atoms with van der Waals surface area (Å²) in [6, 6.07) is 15.5. The molecule has 2 saturated heterocycles. The van der Waals surface area contributed by atoms with E-state index >= 15 is 0 Å². The van der Waals surface area contributed by atoms with Crippen LogP contribution in [0.1, 0.15) is 57.4 Å². The van der Waals surface area contributed by atoms with Crippen LogP contribution in [-0.4, -0.2) is 92.1 Å². The fraction of sp³-hybridized carbons (Fsp3) is 0.613. The van der Waals surface area contributed by atoms with E-state index in [4.69, 9.17) is 18.9 Å². The third-order valence-electron chi connectivity index (χ3n) is 7.39. The van der Waals surface area contributed by atoms with Crippen LogP contribution >= 0.6 is 0 Å². The van der Waals surface area contributed by atoms with E-state index in [9.17, 15) is 30.6 Å². The largest absolute Gasteiger partial charge is 0.388 e. The van der Waals surface area contributed by atoms with Crippen LogP contribution in [0, 0.1) is 0 Å². The van der Waals surface area contributed by atoms with Crippen LogP contribution in [0.3, 0.4) is 0 Å². The van der Waals surface area contributed by atoms with Crippen molar-refractivity contribution in [3.63, 3.8) is 0 Å². The van der Waals surface area contributed by atoms with Crippen LogP contribution in [0.25, 0.3) is 0 Å². The highest BCUT2D eigenvalue weighted by Gasteiger charge is 2.53. The third-order valence-corrected chi connectivity index (χ3v) is 7.39.